The Morgan fingerprint density at radius 3 is 2.26 bits per heavy atom. The summed E-state index contributed by atoms with van der Waals surface area (Å²) in [5.41, 5.74) is 0.539. The van der Waals surface area contributed by atoms with Crippen LogP contribution in [0.15, 0.2) is 55.1 Å². The average molecular weight is 320 g/mol. The number of rotatable bonds is 8. The van der Waals surface area contributed by atoms with Crippen molar-refractivity contribution in [2.75, 3.05) is 19.8 Å². The van der Waals surface area contributed by atoms with E-state index in [1.54, 1.807) is 6.92 Å². The molecule has 0 aliphatic carbocycles. The van der Waals surface area contributed by atoms with E-state index in [1.807, 2.05) is 37.3 Å². The van der Waals surface area contributed by atoms with Gasteiger partial charge in [-0.05, 0) is 25.5 Å². The lowest BCUT2D eigenvalue weighted by Gasteiger charge is -2.05. The van der Waals surface area contributed by atoms with Crippen LogP contribution in [-0.4, -0.2) is 31.8 Å². The molecule has 0 unspecified atom stereocenters. The Hall–Kier alpha value is -2.56. The summed E-state index contributed by atoms with van der Waals surface area (Å²) >= 11 is 0. The van der Waals surface area contributed by atoms with Gasteiger partial charge in [0.25, 0.3) is 0 Å². The van der Waals surface area contributed by atoms with E-state index in [2.05, 4.69) is 17.9 Å². The molecule has 0 atom stereocenters. The van der Waals surface area contributed by atoms with Gasteiger partial charge >= 0.3 is 11.9 Å². The monoisotopic (exact) mass is 320 g/mol. The fourth-order valence-corrected chi connectivity index (χ4v) is 1.25. The molecular weight excluding hydrogens is 296 g/mol. The second-order valence-electron chi connectivity index (χ2n) is 4.21. The van der Waals surface area contributed by atoms with Crippen LogP contribution in [0.1, 0.15) is 20.3 Å². The maximum Gasteiger partial charge on any atom is 0.333 e. The van der Waals surface area contributed by atoms with E-state index >= 15 is 0 Å². The lowest BCUT2D eigenvalue weighted by atomic mass is 10.2. The zero-order valence-electron chi connectivity index (χ0n) is 13.7. The van der Waals surface area contributed by atoms with Gasteiger partial charge in [0, 0.05) is 11.6 Å². The highest BCUT2D eigenvalue weighted by atomic mass is 16.6. The van der Waals surface area contributed by atoms with Crippen molar-refractivity contribution in [1.82, 2.24) is 0 Å². The molecule has 0 bridgehead atoms. The molecule has 0 radical (unpaired) electrons. The fraction of sp³-hybridized carbons (Fsp3) is 0.333. The molecule has 0 saturated carbocycles. The smallest absolute Gasteiger partial charge is 0.333 e. The van der Waals surface area contributed by atoms with Gasteiger partial charge in [-0.25, -0.2) is 9.59 Å². The molecule has 0 N–H and O–H groups in total. The average Bonchev–Trinajstić information content (AvgIpc) is 2.59. The molecule has 0 fully saturated rings. The lowest BCUT2D eigenvalue weighted by molar-refractivity contribution is -0.139. The number of hydrogen-bond acceptors (Lipinski definition) is 5. The minimum Gasteiger partial charge on any atom is -0.490 e. The molecule has 5 heteroatoms. The molecular formula is C18H24O5. The van der Waals surface area contributed by atoms with Gasteiger partial charge in [0.15, 0.2) is 0 Å². The minimum absolute atomic E-state index is 0.236. The van der Waals surface area contributed by atoms with Crippen molar-refractivity contribution in [3.8, 4) is 5.75 Å². The molecule has 126 valence electrons. The zero-order valence-corrected chi connectivity index (χ0v) is 13.7. The first-order valence-electron chi connectivity index (χ1n) is 7.37. The van der Waals surface area contributed by atoms with E-state index in [0.717, 1.165) is 11.8 Å². The predicted octanol–water partition coefficient (Wildman–Crippen LogP) is 3.31. The number of para-hydroxylation sites is 1. The third kappa shape index (κ3) is 10.8. The number of esters is 2. The molecule has 0 aliphatic rings. The van der Waals surface area contributed by atoms with Crippen LogP contribution in [-0.2, 0) is 19.1 Å². The highest BCUT2D eigenvalue weighted by Gasteiger charge is 2.02. The summed E-state index contributed by atoms with van der Waals surface area (Å²) in [6.45, 7) is 11.5. The molecule has 1 aromatic carbocycles. The number of benzene rings is 1. The summed E-state index contributed by atoms with van der Waals surface area (Å²) in [4.78, 5) is 21.3. The van der Waals surface area contributed by atoms with Crippen LogP contribution >= 0.6 is 0 Å². The summed E-state index contributed by atoms with van der Waals surface area (Å²) in [6, 6.07) is 9.35. The van der Waals surface area contributed by atoms with Crippen molar-refractivity contribution >= 4 is 11.9 Å². The van der Waals surface area contributed by atoms with E-state index in [4.69, 9.17) is 9.47 Å². The fourth-order valence-electron chi connectivity index (χ4n) is 1.25. The molecule has 0 amide bonds. The van der Waals surface area contributed by atoms with Crippen molar-refractivity contribution in [2.45, 2.75) is 20.3 Å². The van der Waals surface area contributed by atoms with Gasteiger partial charge < -0.3 is 14.2 Å². The van der Waals surface area contributed by atoms with Crippen molar-refractivity contribution < 1.29 is 23.8 Å². The molecule has 0 spiro atoms. The Kier molecular flexibility index (Phi) is 11.7. The van der Waals surface area contributed by atoms with Crippen LogP contribution in [0.3, 0.4) is 0 Å². The predicted molar refractivity (Wildman–Crippen MR) is 89.2 cm³/mol. The SMILES string of the molecule is C=C(CC)C(=O)OCC.C=CC(=O)OCCOc1ccccc1. The molecule has 1 aromatic rings. The highest BCUT2D eigenvalue weighted by Crippen LogP contribution is 2.07. The first-order valence-corrected chi connectivity index (χ1v) is 7.37. The van der Waals surface area contributed by atoms with E-state index in [9.17, 15) is 9.59 Å². The van der Waals surface area contributed by atoms with Crippen molar-refractivity contribution in [3.05, 3.63) is 55.1 Å². The first-order chi connectivity index (χ1) is 11.0. The quantitative estimate of drug-likeness (QED) is 0.418. The van der Waals surface area contributed by atoms with Gasteiger partial charge in [0.1, 0.15) is 19.0 Å². The minimum atomic E-state index is -0.429. The van der Waals surface area contributed by atoms with Crippen molar-refractivity contribution in [2.24, 2.45) is 0 Å². The van der Waals surface area contributed by atoms with E-state index in [1.165, 1.54) is 0 Å². The Balaban J connectivity index is 0.000000468. The van der Waals surface area contributed by atoms with E-state index < -0.39 is 5.97 Å². The summed E-state index contributed by atoms with van der Waals surface area (Å²) in [5, 5.41) is 0. The maximum absolute atomic E-state index is 10.7. The van der Waals surface area contributed by atoms with Gasteiger partial charge in [-0.1, -0.05) is 38.3 Å². The normalized spacial score (nSPS) is 8.96. The second-order valence-corrected chi connectivity index (χ2v) is 4.21. The zero-order chi connectivity index (χ0) is 17.5. The van der Waals surface area contributed by atoms with Crippen LogP contribution < -0.4 is 4.74 Å². The summed E-state index contributed by atoms with van der Waals surface area (Å²) < 4.78 is 14.7. The Morgan fingerprint density at radius 2 is 1.74 bits per heavy atom. The number of carbonyl (C=O) groups is 2. The van der Waals surface area contributed by atoms with Crippen molar-refractivity contribution in [1.29, 1.82) is 0 Å². The van der Waals surface area contributed by atoms with E-state index in [-0.39, 0.29) is 12.6 Å². The van der Waals surface area contributed by atoms with Gasteiger partial charge in [-0.3, -0.25) is 0 Å². The Bertz CT molecular complexity index is 493. The second kappa shape index (κ2) is 13.1. The van der Waals surface area contributed by atoms with Gasteiger partial charge in [0.2, 0.25) is 0 Å². The maximum atomic E-state index is 10.7. The summed E-state index contributed by atoms with van der Waals surface area (Å²) in [5.74, 6) is 0.0591. The molecule has 0 heterocycles. The standard InChI is InChI=1S/C11H12O3.C7H12O2/c1-2-11(12)14-9-8-13-10-6-4-3-5-7-10;1-4-6(3)7(8)9-5-2/h2-7H,1,8-9H2;3-5H2,1-2H3. The molecule has 23 heavy (non-hydrogen) atoms. The Labute approximate surface area is 137 Å². The van der Waals surface area contributed by atoms with Gasteiger partial charge in [-0.2, -0.15) is 0 Å². The highest BCUT2D eigenvalue weighted by molar-refractivity contribution is 5.87. The largest absolute Gasteiger partial charge is 0.490 e. The third-order valence-electron chi connectivity index (χ3n) is 2.50. The van der Waals surface area contributed by atoms with Crippen LogP contribution in [0.25, 0.3) is 0 Å². The van der Waals surface area contributed by atoms with E-state index in [0.29, 0.717) is 25.2 Å². The van der Waals surface area contributed by atoms with Crippen LogP contribution in [0.5, 0.6) is 5.75 Å². The molecule has 1 rings (SSSR count). The first kappa shape index (κ1) is 20.4. The summed E-state index contributed by atoms with van der Waals surface area (Å²) in [7, 11) is 0. The van der Waals surface area contributed by atoms with Crippen LogP contribution in [0.4, 0.5) is 0 Å². The summed E-state index contributed by atoms with van der Waals surface area (Å²) in [6.07, 6.45) is 1.79. The molecule has 0 saturated heterocycles. The van der Waals surface area contributed by atoms with Crippen LogP contribution in [0.2, 0.25) is 0 Å². The van der Waals surface area contributed by atoms with Gasteiger partial charge in [-0.15, -0.1) is 0 Å². The third-order valence-corrected chi connectivity index (χ3v) is 2.50. The van der Waals surface area contributed by atoms with Crippen molar-refractivity contribution in [3.63, 3.8) is 0 Å². The number of hydrogen-bond donors (Lipinski definition) is 0. The van der Waals surface area contributed by atoms with Crippen LogP contribution in [0, 0.1) is 0 Å². The Morgan fingerprint density at radius 1 is 1.09 bits per heavy atom. The number of carbonyl (C=O) groups excluding carboxylic acids is 2. The van der Waals surface area contributed by atoms with Gasteiger partial charge in [0.05, 0.1) is 6.61 Å². The molecule has 5 nitrogen and oxygen atoms in total. The molecule has 0 aromatic heterocycles. The topological polar surface area (TPSA) is 61.8 Å². The number of ether oxygens (including phenoxy) is 3. The molecule has 0 aliphatic heterocycles. The lowest BCUT2D eigenvalue weighted by Crippen LogP contribution is -2.09.